The fourth-order valence-electron chi connectivity index (χ4n) is 4.26. The van der Waals surface area contributed by atoms with E-state index in [2.05, 4.69) is 19.2 Å². The molecule has 0 spiro atoms. The zero-order valence-corrected chi connectivity index (χ0v) is 20.7. The molecule has 0 radical (unpaired) electrons. The van der Waals surface area contributed by atoms with Crippen molar-refractivity contribution >= 4 is 51.2 Å². The highest BCUT2D eigenvalue weighted by molar-refractivity contribution is 7.12. The molecule has 0 saturated carbocycles. The molecule has 1 atom stereocenters. The number of carbonyl (C=O) groups is 2. The zero-order chi connectivity index (χ0) is 24.1. The second-order valence-corrected chi connectivity index (χ2v) is 9.14. The van der Waals surface area contributed by atoms with Gasteiger partial charge in [0.15, 0.2) is 5.65 Å². The molecule has 4 aromatic rings. The Hall–Kier alpha value is -3.26. The highest BCUT2D eigenvalue weighted by Gasteiger charge is 2.30. The third-order valence-corrected chi connectivity index (χ3v) is 6.80. The molecule has 1 aromatic carbocycles. The fourth-order valence-corrected chi connectivity index (χ4v) is 4.88. The Kier molecular flexibility index (Phi) is 7.57. The minimum absolute atomic E-state index is 0.0475. The van der Waals surface area contributed by atoms with E-state index >= 15 is 0 Å². The number of hydrogen-bond donors (Lipinski definition) is 1. The lowest BCUT2D eigenvalue weighted by atomic mass is 10.1. The van der Waals surface area contributed by atoms with Gasteiger partial charge >= 0.3 is 5.97 Å². The lowest BCUT2D eigenvalue weighted by molar-refractivity contribution is 0.0529. The van der Waals surface area contributed by atoms with Crippen LogP contribution in [-0.2, 0) is 4.74 Å². The van der Waals surface area contributed by atoms with Crippen molar-refractivity contribution in [1.82, 2.24) is 14.5 Å². The maximum absolute atomic E-state index is 13.2. The molecule has 0 saturated heterocycles. The first kappa shape index (κ1) is 23.9. The number of carbonyl (C=O) groups excluding carboxylic acids is 2. The number of nitrogens with one attached hydrogen (secondary N) is 1. The second-order valence-electron chi connectivity index (χ2n) is 8.19. The molecule has 34 heavy (non-hydrogen) atoms. The van der Waals surface area contributed by atoms with E-state index in [-0.39, 0.29) is 24.1 Å². The van der Waals surface area contributed by atoms with Crippen LogP contribution in [0.2, 0.25) is 0 Å². The number of ether oxygens (including phenoxy) is 1. The monoisotopic (exact) mass is 478 g/mol. The van der Waals surface area contributed by atoms with Crippen LogP contribution < -0.4 is 5.32 Å². The van der Waals surface area contributed by atoms with Gasteiger partial charge in [-0.3, -0.25) is 4.79 Å². The molecule has 1 N–H and O–H groups in total. The van der Waals surface area contributed by atoms with Crippen molar-refractivity contribution in [1.29, 1.82) is 0 Å². The maximum Gasteiger partial charge on any atom is 0.344 e. The predicted octanol–water partition coefficient (Wildman–Crippen LogP) is 6.61. The molecule has 0 bridgehead atoms. The largest absolute Gasteiger partial charge is 0.462 e. The molecular formula is C26H30N4O3S. The third kappa shape index (κ3) is 4.68. The number of benzene rings is 1. The van der Waals surface area contributed by atoms with Gasteiger partial charge in [0.25, 0.3) is 5.91 Å². The van der Waals surface area contributed by atoms with Gasteiger partial charge in [-0.1, -0.05) is 51.3 Å². The van der Waals surface area contributed by atoms with E-state index in [0.29, 0.717) is 27.4 Å². The summed E-state index contributed by atoms with van der Waals surface area (Å²) in [5, 5.41) is 4.88. The van der Waals surface area contributed by atoms with Crippen LogP contribution in [0.3, 0.4) is 0 Å². The number of amides is 1. The van der Waals surface area contributed by atoms with Gasteiger partial charge in [0.05, 0.1) is 22.5 Å². The van der Waals surface area contributed by atoms with Crippen molar-refractivity contribution in [2.45, 2.75) is 58.9 Å². The van der Waals surface area contributed by atoms with Gasteiger partial charge in [-0.2, -0.15) is 0 Å². The van der Waals surface area contributed by atoms with Crippen LogP contribution in [0.1, 0.15) is 78.9 Å². The molecule has 7 nitrogen and oxygen atoms in total. The molecule has 0 aliphatic rings. The number of unbranched alkanes of at least 4 members (excludes halogenated alkanes) is 2. The average molecular weight is 479 g/mol. The van der Waals surface area contributed by atoms with Crippen LogP contribution >= 0.6 is 11.3 Å². The summed E-state index contributed by atoms with van der Waals surface area (Å²) in [7, 11) is 0. The molecule has 0 aliphatic heterocycles. The first-order valence-electron chi connectivity index (χ1n) is 11.9. The Morgan fingerprint density at radius 3 is 2.47 bits per heavy atom. The highest BCUT2D eigenvalue weighted by atomic mass is 32.1. The number of anilines is 1. The maximum atomic E-state index is 13.2. The van der Waals surface area contributed by atoms with Gasteiger partial charge in [0.1, 0.15) is 16.9 Å². The molecule has 0 fully saturated rings. The van der Waals surface area contributed by atoms with Crippen molar-refractivity contribution in [3.8, 4) is 0 Å². The van der Waals surface area contributed by atoms with Crippen LogP contribution in [0.15, 0.2) is 41.8 Å². The molecule has 3 heterocycles. The SMILES string of the molecule is CCCCCC(CC)n1c(NC(=O)c2cccs2)c(C(=O)OCC)c2nc3ccccc3nc21. The van der Waals surface area contributed by atoms with E-state index in [1.165, 1.54) is 11.3 Å². The second kappa shape index (κ2) is 10.8. The molecular weight excluding hydrogens is 448 g/mol. The number of hydrogen-bond acceptors (Lipinski definition) is 6. The smallest absolute Gasteiger partial charge is 0.344 e. The highest BCUT2D eigenvalue weighted by Crippen LogP contribution is 2.36. The minimum Gasteiger partial charge on any atom is -0.462 e. The third-order valence-electron chi connectivity index (χ3n) is 5.93. The van der Waals surface area contributed by atoms with E-state index in [1.807, 2.05) is 40.3 Å². The van der Waals surface area contributed by atoms with Gasteiger partial charge in [-0.15, -0.1) is 11.3 Å². The Morgan fingerprint density at radius 1 is 1.06 bits per heavy atom. The number of fused-ring (bicyclic) bond motifs is 2. The fraction of sp³-hybridized carbons (Fsp3) is 0.385. The molecule has 1 amide bonds. The van der Waals surface area contributed by atoms with E-state index in [4.69, 9.17) is 14.7 Å². The quantitative estimate of drug-likeness (QED) is 0.205. The van der Waals surface area contributed by atoms with Crippen molar-refractivity contribution in [3.05, 3.63) is 52.2 Å². The molecule has 0 aliphatic carbocycles. The van der Waals surface area contributed by atoms with Gasteiger partial charge in [0, 0.05) is 6.04 Å². The summed E-state index contributed by atoms with van der Waals surface area (Å²) in [6.07, 6.45) is 5.01. The molecule has 3 aromatic heterocycles. The molecule has 178 valence electrons. The summed E-state index contributed by atoms with van der Waals surface area (Å²) < 4.78 is 7.42. The van der Waals surface area contributed by atoms with E-state index in [9.17, 15) is 9.59 Å². The van der Waals surface area contributed by atoms with Crippen LogP contribution in [0.5, 0.6) is 0 Å². The number of para-hydroxylation sites is 2. The Bertz CT molecular complexity index is 1300. The molecule has 4 rings (SSSR count). The van der Waals surface area contributed by atoms with Crippen molar-refractivity contribution in [2.24, 2.45) is 0 Å². The number of nitrogens with zero attached hydrogens (tertiary/aromatic N) is 3. The number of esters is 1. The van der Waals surface area contributed by atoms with Crippen molar-refractivity contribution < 1.29 is 14.3 Å². The zero-order valence-electron chi connectivity index (χ0n) is 19.8. The Morgan fingerprint density at radius 2 is 1.82 bits per heavy atom. The molecule has 8 heteroatoms. The van der Waals surface area contributed by atoms with Gasteiger partial charge in [-0.25, -0.2) is 14.8 Å². The number of thiophene rings is 1. The Balaban J connectivity index is 1.97. The standard InChI is InChI=1S/C26H30N4O3S/c1-4-7-8-12-17(5-2)30-23(29-25(31)20-15-11-16-34-20)21(26(32)33-6-3)22-24(30)28-19-14-10-9-13-18(19)27-22/h9-11,13-17H,4-8,12H2,1-3H3,(H,29,31). The summed E-state index contributed by atoms with van der Waals surface area (Å²) >= 11 is 1.35. The van der Waals surface area contributed by atoms with E-state index < -0.39 is 5.97 Å². The van der Waals surface area contributed by atoms with Crippen LogP contribution in [-0.4, -0.2) is 33.0 Å². The number of aromatic nitrogens is 3. The summed E-state index contributed by atoms with van der Waals surface area (Å²) in [6.45, 7) is 6.28. The minimum atomic E-state index is -0.513. The van der Waals surface area contributed by atoms with Crippen LogP contribution in [0.25, 0.3) is 22.2 Å². The summed E-state index contributed by atoms with van der Waals surface area (Å²) in [4.78, 5) is 36.6. The van der Waals surface area contributed by atoms with Crippen LogP contribution in [0, 0.1) is 0 Å². The van der Waals surface area contributed by atoms with E-state index in [0.717, 1.165) is 37.6 Å². The predicted molar refractivity (Wildman–Crippen MR) is 137 cm³/mol. The van der Waals surface area contributed by atoms with Crippen molar-refractivity contribution in [3.63, 3.8) is 0 Å². The topological polar surface area (TPSA) is 86.1 Å². The summed E-state index contributed by atoms with van der Waals surface area (Å²) in [5.41, 5.74) is 2.73. The van der Waals surface area contributed by atoms with Crippen LogP contribution in [0.4, 0.5) is 5.82 Å². The first-order valence-corrected chi connectivity index (χ1v) is 12.8. The van der Waals surface area contributed by atoms with Gasteiger partial charge in [0.2, 0.25) is 0 Å². The molecule has 1 unspecified atom stereocenters. The lowest BCUT2D eigenvalue weighted by Gasteiger charge is -2.21. The van der Waals surface area contributed by atoms with E-state index in [1.54, 1.807) is 13.0 Å². The Labute approximate surface area is 203 Å². The first-order chi connectivity index (χ1) is 16.6. The van der Waals surface area contributed by atoms with Crippen molar-refractivity contribution in [2.75, 3.05) is 11.9 Å². The van der Waals surface area contributed by atoms with Gasteiger partial charge in [-0.05, 0) is 43.3 Å². The summed E-state index contributed by atoms with van der Waals surface area (Å²) in [6, 6.07) is 11.2. The summed E-state index contributed by atoms with van der Waals surface area (Å²) in [5.74, 6) is -0.371. The lowest BCUT2D eigenvalue weighted by Crippen LogP contribution is -2.20. The average Bonchev–Trinajstić information content (AvgIpc) is 3.48. The van der Waals surface area contributed by atoms with Gasteiger partial charge < -0.3 is 14.6 Å². The number of rotatable bonds is 10. The normalized spacial score (nSPS) is 12.2.